The number of aromatic nitrogens is 2. The normalized spacial score (nSPS) is 11.8. The van der Waals surface area contributed by atoms with Crippen molar-refractivity contribution in [2.75, 3.05) is 4.72 Å². The van der Waals surface area contributed by atoms with Crippen LogP contribution in [0, 0.1) is 0 Å². The van der Waals surface area contributed by atoms with E-state index in [2.05, 4.69) is 9.82 Å². The van der Waals surface area contributed by atoms with Crippen molar-refractivity contribution in [1.29, 1.82) is 0 Å². The summed E-state index contributed by atoms with van der Waals surface area (Å²) in [5.41, 5.74) is 1.35. The zero-order valence-electron chi connectivity index (χ0n) is 11.4. The highest BCUT2D eigenvalue weighted by molar-refractivity contribution is 7.92. The largest absolute Gasteiger partial charge is 0.280 e. The molecule has 0 aliphatic rings. The van der Waals surface area contributed by atoms with Crippen LogP contribution in [0.1, 0.15) is 0 Å². The summed E-state index contributed by atoms with van der Waals surface area (Å²) in [6.07, 6.45) is 1.67. The number of nitrogens with zero attached hydrogens (tertiary/aromatic N) is 2. The van der Waals surface area contributed by atoms with Crippen molar-refractivity contribution in [3.63, 3.8) is 0 Å². The van der Waals surface area contributed by atoms with E-state index in [9.17, 15) is 8.42 Å². The number of benzene rings is 2. The van der Waals surface area contributed by atoms with Crippen molar-refractivity contribution in [1.82, 2.24) is 9.78 Å². The standard InChI is InChI=1S/C14H11Cl2N3O2S/c1-19-14-3-2-12(4-9(14)8-17-19)18-22(20,21)13-6-10(15)5-11(16)7-13/h2-8,18H,1H3. The molecule has 0 amide bonds. The van der Waals surface area contributed by atoms with E-state index in [0.29, 0.717) is 5.69 Å². The van der Waals surface area contributed by atoms with Gasteiger partial charge in [0.1, 0.15) is 0 Å². The summed E-state index contributed by atoms with van der Waals surface area (Å²) in [5.74, 6) is 0. The number of hydrogen-bond acceptors (Lipinski definition) is 3. The van der Waals surface area contributed by atoms with Crippen LogP contribution in [0.4, 0.5) is 5.69 Å². The maximum atomic E-state index is 12.4. The molecule has 8 heteroatoms. The van der Waals surface area contributed by atoms with Gasteiger partial charge in [-0.05, 0) is 36.4 Å². The molecule has 0 spiro atoms. The first-order valence-corrected chi connectivity index (χ1v) is 8.50. The zero-order chi connectivity index (χ0) is 15.9. The van der Waals surface area contributed by atoms with Gasteiger partial charge in [0.2, 0.25) is 0 Å². The number of anilines is 1. The number of sulfonamides is 1. The average Bonchev–Trinajstić information content (AvgIpc) is 2.78. The smallest absolute Gasteiger partial charge is 0.261 e. The van der Waals surface area contributed by atoms with Gasteiger partial charge in [-0.3, -0.25) is 9.40 Å². The van der Waals surface area contributed by atoms with Crippen LogP contribution in [0.15, 0.2) is 47.5 Å². The Bertz CT molecular complexity index is 947. The van der Waals surface area contributed by atoms with Crippen molar-refractivity contribution in [2.45, 2.75) is 4.90 Å². The van der Waals surface area contributed by atoms with E-state index in [1.54, 1.807) is 29.1 Å². The van der Waals surface area contributed by atoms with Crippen LogP contribution in [0.3, 0.4) is 0 Å². The third kappa shape index (κ3) is 2.90. The summed E-state index contributed by atoms with van der Waals surface area (Å²) in [7, 11) is -1.95. The number of nitrogens with one attached hydrogen (secondary N) is 1. The Labute approximate surface area is 137 Å². The van der Waals surface area contributed by atoms with Crippen LogP contribution in [-0.2, 0) is 17.1 Å². The van der Waals surface area contributed by atoms with Crippen molar-refractivity contribution >= 4 is 49.8 Å². The summed E-state index contributed by atoms with van der Waals surface area (Å²) in [6, 6.07) is 9.35. The third-order valence-electron chi connectivity index (χ3n) is 3.14. The van der Waals surface area contributed by atoms with Gasteiger partial charge >= 0.3 is 0 Å². The fraction of sp³-hybridized carbons (Fsp3) is 0.0714. The maximum Gasteiger partial charge on any atom is 0.261 e. The Kier molecular flexibility index (Phi) is 3.76. The minimum Gasteiger partial charge on any atom is -0.280 e. The van der Waals surface area contributed by atoms with Gasteiger partial charge < -0.3 is 0 Å². The average molecular weight is 356 g/mol. The molecule has 3 aromatic rings. The molecule has 0 saturated heterocycles. The highest BCUT2D eigenvalue weighted by atomic mass is 35.5. The molecule has 2 aromatic carbocycles. The van der Waals surface area contributed by atoms with Crippen molar-refractivity contribution in [3.05, 3.63) is 52.6 Å². The second-order valence-electron chi connectivity index (χ2n) is 4.75. The van der Waals surface area contributed by atoms with Crippen LogP contribution >= 0.6 is 23.2 Å². The number of aryl methyl sites for hydroxylation is 1. The lowest BCUT2D eigenvalue weighted by Crippen LogP contribution is -2.12. The summed E-state index contributed by atoms with van der Waals surface area (Å²) >= 11 is 11.7. The van der Waals surface area contributed by atoms with E-state index in [4.69, 9.17) is 23.2 Å². The predicted molar refractivity (Wildman–Crippen MR) is 88.0 cm³/mol. The quantitative estimate of drug-likeness (QED) is 0.779. The monoisotopic (exact) mass is 355 g/mol. The lowest BCUT2D eigenvalue weighted by atomic mass is 10.2. The van der Waals surface area contributed by atoms with Crippen LogP contribution in [-0.4, -0.2) is 18.2 Å². The van der Waals surface area contributed by atoms with Crippen LogP contribution in [0.5, 0.6) is 0 Å². The molecule has 0 aliphatic heterocycles. The lowest BCUT2D eigenvalue weighted by Gasteiger charge is -2.09. The van der Waals surface area contributed by atoms with Gasteiger partial charge in [-0.2, -0.15) is 5.10 Å². The summed E-state index contributed by atoms with van der Waals surface area (Å²) in [4.78, 5) is 0.0104. The second-order valence-corrected chi connectivity index (χ2v) is 7.31. The Morgan fingerprint density at radius 1 is 1.09 bits per heavy atom. The molecule has 3 rings (SSSR count). The molecule has 0 aliphatic carbocycles. The number of fused-ring (bicyclic) bond motifs is 1. The summed E-state index contributed by atoms with van der Waals surface area (Å²) in [5, 5.41) is 5.48. The van der Waals surface area contributed by atoms with E-state index < -0.39 is 10.0 Å². The van der Waals surface area contributed by atoms with Crippen LogP contribution < -0.4 is 4.72 Å². The molecule has 1 N–H and O–H groups in total. The van der Waals surface area contributed by atoms with E-state index in [1.165, 1.54) is 18.2 Å². The Balaban J connectivity index is 1.98. The minimum atomic E-state index is -3.77. The summed E-state index contributed by atoms with van der Waals surface area (Å²) < 4.78 is 29.0. The highest BCUT2D eigenvalue weighted by Crippen LogP contribution is 2.25. The second kappa shape index (κ2) is 5.46. The summed E-state index contributed by atoms with van der Waals surface area (Å²) in [6.45, 7) is 0. The molecule has 22 heavy (non-hydrogen) atoms. The SMILES string of the molecule is Cn1ncc2cc(NS(=O)(=O)c3cc(Cl)cc(Cl)c3)ccc21. The molecule has 0 unspecified atom stereocenters. The number of hydrogen-bond donors (Lipinski definition) is 1. The van der Waals surface area contributed by atoms with Gasteiger partial charge in [0.15, 0.2) is 0 Å². The number of rotatable bonds is 3. The van der Waals surface area contributed by atoms with Crippen molar-refractivity contribution < 1.29 is 8.42 Å². The molecule has 0 saturated carbocycles. The Hall–Kier alpha value is -1.76. The van der Waals surface area contributed by atoms with Crippen molar-refractivity contribution in [2.24, 2.45) is 7.05 Å². The van der Waals surface area contributed by atoms with Gasteiger partial charge in [0, 0.05) is 28.2 Å². The molecule has 0 atom stereocenters. The molecule has 0 fully saturated rings. The minimum absolute atomic E-state index is 0.0104. The molecule has 114 valence electrons. The van der Waals surface area contributed by atoms with E-state index in [1.807, 2.05) is 7.05 Å². The third-order valence-corrected chi connectivity index (χ3v) is 4.94. The topological polar surface area (TPSA) is 64.0 Å². The molecule has 1 heterocycles. The Morgan fingerprint density at radius 2 is 1.77 bits per heavy atom. The van der Waals surface area contributed by atoms with Crippen LogP contribution in [0.25, 0.3) is 10.9 Å². The van der Waals surface area contributed by atoms with Gasteiger partial charge in [-0.25, -0.2) is 8.42 Å². The fourth-order valence-electron chi connectivity index (χ4n) is 2.12. The van der Waals surface area contributed by atoms with Gasteiger partial charge in [-0.15, -0.1) is 0 Å². The Morgan fingerprint density at radius 3 is 2.45 bits per heavy atom. The van der Waals surface area contributed by atoms with Gasteiger partial charge in [0.25, 0.3) is 10.0 Å². The van der Waals surface area contributed by atoms with Crippen LogP contribution in [0.2, 0.25) is 10.0 Å². The molecular weight excluding hydrogens is 345 g/mol. The van der Waals surface area contributed by atoms with E-state index in [-0.39, 0.29) is 14.9 Å². The predicted octanol–water partition coefficient (Wildman–Crippen LogP) is 3.68. The van der Waals surface area contributed by atoms with Gasteiger partial charge in [0.05, 0.1) is 16.6 Å². The highest BCUT2D eigenvalue weighted by Gasteiger charge is 2.16. The fourth-order valence-corrected chi connectivity index (χ4v) is 3.90. The molecule has 5 nitrogen and oxygen atoms in total. The lowest BCUT2D eigenvalue weighted by molar-refractivity contribution is 0.601. The maximum absolute atomic E-state index is 12.4. The van der Waals surface area contributed by atoms with E-state index >= 15 is 0 Å². The van der Waals surface area contributed by atoms with Gasteiger partial charge in [-0.1, -0.05) is 23.2 Å². The molecule has 0 radical (unpaired) electrons. The van der Waals surface area contributed by atoms with E-state index in [0.717, 1.165) is 10.9 Å². The molecule has 0 bridgehead atoms. The first kappa shape index (κ1) is 15.1. The first-order chi connectivity index (χ1) is 10.3. The zero-order valence-corrected chi connectivity index (χ0v) is 13.7. The number of halogens is 2. The molecule has 1 aromatic heterocycles. The van der Waals surface area contributed by atoms with Crippen molar-refractivity contribution in [3.8, 4) is 0 Å². The molecular formula is C14H11Cl2N3O2S. The first-order valence-electron chi connectivity index (χ1n) is 6.26.